The molecule has 0 unspecified atom stereocenters. The van der Waals surface area contributed by atoms with Crippen LogP contribution >= 0.6 is 12.4 Å². The predicted molar refractivity (Wildman–Crippen MR) is 68.1 cm³/mol. The maximum absolute atomic E-state index is 8.89. The molecule has 0 amide bonds. The van der Waals surface area contributed by atoms with Crippen molar-refractivity contribution in [1.29, 1.82) is 0 Å². The van der Waals surface area contributed by atoms with Crippen LogP contribution in [0.1, 0.15) is 32.4 Å². The molecule has 92 valence electrons. The lowest BCUT2D eigenvalue weighted by Gasteiger charge is -2.21. The summed E-state index contributed by atoms with van der Waals surface area (Å²) < 4.78 is 5.67. The van der Waals surface area contributed by atoms with Crippen molar-refractivity contribution in [2.24, 2.45) is 5.73 Å². The normalized spacial score (nSPS) is 12.8. The van der Waals surface area contributed by atoms with Crippen molar-refractivity contribution >= 4 is 12.4 Å². The Morgan fingerprint density at radius 1 is 1.25 bits per heavy atom. The van der Waals surface area contributed by atoms with Crippen LogP contribution in [0, 0.1) is 0 Å². The first-order chi connectivity index (χ1) is 6.92. The van der Waals surface area contributed by atoms with E-state index in [0.29, 0.717) is 0 Å². The third-order valence-corrected chi connectivity index (χ3v) is 1.93. The van der Waals surface area contributed by atoms with Gasteiger partial charge in [0.1, 0.15) is 11.4 Å². The molecule has 4 heteroatoms. The number of aliphatic hydroxyl groups is 1. The van der Waals surface area contributed by atoms with Crippen LogP contribution in [0.2, 0.25) is 0 Å². The zero-order valence-corrected chi connectivity index (χ0v) is 10.8. The summed E-state index contributed by atoms with van der Waals surface area (Å²) in [6, 6.07) is 7.18. The summed E-state index contributed by atoms with van der Waals surface area (Å²) in [5, 5.41) is 8.89. The summed E-state index contributed by atoms with van der Waals surface area (Å²) in [7, 11) is 0. The third-order valence-electron chi connectivity index (χ3n) is 1.93. The third kappa shape index (κ3) is 4.84. The van der Waals surface area contributed by atoms with Gasteiger partial charge in [0.05, 0.1) is 12.6 Å². The van der Waals surface area contributed by atoms with Gasteiger partial charge in [-0.15, -0.1) is 12.4 Å². The quantitative estimate of drug-likeness (QED) is 0.859. The van der Waals surface area contributed by atoms with Crippen LogP contribution in [-0.2, 0) is 0 Å². The molecule has 0 aliphatic carbocycles. The van der Waals surface area contributed by atoms with Gasteiger partial charge in [-0.2, -0.15) is 0 Å². The van der Waals surface area contributed by atoms with E-state index in [1.165, 1.54) is 0 Å². The first kappa shape index (κ1) is 15.2. The second-order valence-electron chi connectivity index (χ2n) is 4.57. The van der Waals surface area contributed by atoms with Crippen molar-refractivity contribution in [3.63, 3.8) is 0 Å². The lowest BCUT2D eigenvalue weighted by atomic mass is 10.1. The highest BCUT2D eigenvalue weighted by atomic mass is 35.5. The summed E-state index contributed by atoms with van der Waals surface area (Å²) in [5.41, 5.74) is 6.40. The maximum Gasteiger partial charge on any atom is 0.120 e. The Bertz CT molecular complexity index is 306. The molecule has 3 nitrogen and oxygen atoms in total. The lowest BCUT2D eigenvalue weighted by molar-refractivity contribution is 0.131. The van der Waals surface area contributed by atoms with Crippen molar-refractivity contribution in [3.8, 4) is 5.75 Å². The van der Waals surface area contributed by atoms with Crippen molar-refractivity contribution in [2.75, 3.05) is 6.61 Å². The van der Waals surface area contributed by atoms with Crippen molar-refractivity contribution in [2.45, 2.75) is 32.4 Å². The predicted octanol–water partition coefficient (Wildman–Crippen LogP) is 2.28. The second kappa shape index (κ2) is 6.09. The van der Waals surface area contributed by atoms with E-state index in [2.05, 4.69) is 0 Å². The molecule has 0 aromatic heterocycles. The minimum absolute atomic E-state index is 0. The summed E-state index contributed by atoms with van der Waals surface area (Å²) in [5.74, 6) is 0.816. The second-order valence-corrected chi connectivity index (χ2v) is 4.57. The molecule has 0 aliphatic heterocycles. The van der Waals surface area contributed by atoms with Gasteiger partial charge in [-0.3, -0.25) is 0 Å². The molecular formula is C12H20ClNO2. The van der Waals surface area contributed by atoms with E-state index in [1.807, 2.05) is 45.0 Å². The van der Waals surface area contributed by atoms with Gasteiger partial charge < -0.3 is 15.6 Å². The van der Waals surface area contributed by atoms with Gasteiger partial charge >= 0.3 is 0 Å². The number of rotatable bonds is 3. The average Bonchev–Trinajstić information content (AvgIpc) is 2.15. The molecule has 0 heterocycles. The van der Waals surface area contributed by atoms with Gasteiger partial charge in [0.15, 0.2) is 0 Å². The zero-order chi connectivity index (χ0) is 11.5. The summed E-state index contributed by atoms with van der Waals surface area (Å²) >= 11 is 0. The molecule has 0 fully saturated rings. The number of nitrogens with two attached hydrogens (primary N) is 1. The standard InChI is InChI=1S/C12H19NO2.ClH/c1-12(2,3)15-10-6-4-9(5-7-10)11(13)8-14;/h4-7,11,14H,8,13H2,1-3H3;1H/t11-;/m0./s1. The number of ether oxygens (including phenoxy) is 1. The Morgan fingerprint density at radius 3 is 2.12 bits per heavy atom. The van der Waals surface area contributed by atoms with Crippen molar-refractivity contribution < 1.29 is 9.84 Å². The van der Waals surface area contributed by atoms with Crippen LogP contribution in [0.5, 0.6) is 5.75 Å². The minimum atomic E-state index is -0.311. The van der Waals surface area contributed by atoms with Crippen LogP contribution in [0.4, 0.5) is 0 Å². The SMILES string of the molecule is CC(C)(C)Oc1ccc([C@@H](N)CO)cc1.Cl. The van der Waals surface area contributed by atoms with Gasteiger partial charge in [-0.05, 0) is 38.5 Å². The fourth-order valence-corrected chi connectivity index (χ4v) is 1.24. The molecule has 0 spiro atoms. The van der Waals surface area contributed by atoms with Crippen LogP contribution in [0.25, 0.3) is 0 Å². The Hall–Kier alpha value is -0.770. The van der Waals surface area contributed by atoms with E-state index < -0.39 is 0 Å². The number of benzene rings is 1. The topological polar surface area (TPSA) is 55.5 Å². The maximum atomic E-state index is 8.89. The first-order valence-corrected chi connectivity index (χ1v) is 5.08. The molecule has 0 radical (unpaired) electrons. The van der Waals surface area contributed by atoms with E-state index in [-0.39, 0.29) is 30.7 Å². The number of hydrogen-bond acceptors (Lipinski definition) is 3. The molecule has 0 bridgehead atoms. The van der Waals surface area contributed by atoms with Gasteiger partial charge in [-0.25, -0.2) is 0 Å². The summed E-state index contributed by atoms with van der Waals surface area (Å²) in [6.07, 6.45) is 0. The lowest BCUT2D eigenvalue weighted by Crippen LogP contribution is -2.23. The number of hydrogen-bond donors (Lipinski definition) is 2. The van der Waals surface area contributed by atoms with E-state index in [0.717, 1.165) is 11.3 Å². The van der Waals surface area contributed by atoms with Gasteiger partial charge in [0.25, 0.3) is 0 Å². The molecule has 1 rings (SSSR count). The number of aliphatic hydroxyl groups excluding tert-OH is 1. The Balaban J connectivity index is 0.00000225. The molecular weight excluding hydrogens is 226 g/mol. The highest BCUT2D eigenvalue weighted by Crippen LogP contribution is 2.20. The van der Waals surface area contributed by atoms with E-state index in [1.54, 1.807) is 0 Å². The van der Waals surface area contributed by atoms with Crippen LogP contribution in [-0.4, -0.2) is 17.3 Å². The molecule has 0 saturated carbocycles. The average molecular weight is 246 g/mol. The number of halogens is 1. The van der Waals surface area contributed by atoms with Crippen LogP contribution < -0.4 is 10.5 Å². The Kier molecular flexibility index (Phi) is 5.79. The largest absolute Gasteiger partial charge is 0.488 e. The molecule has 0 aliphatic rings. The van der Waals surface area contributed by atoms with Gasteiger partial charge in [-0.1, -0.05) is 12.1 Å². The highest BCUT2D eigenvalue weighted by Gasteiger charge is 2.11. The van der Waals surface area contributed by atoms with Gasteiger partial charge in [0, 0.05) is 0 Å². The molecule has 0 saturated heterocycles. The first-order valence-electron chi connectivity index (χ1n) is 5.08. The minimum Gasteiger partial charge on any atom is -0.488 e. The summed E-state index contributed by atoms with van der Waals surface area (Å²) in [4.78, 5) is 0. The Morgan fingerprint density at radius 2 is 1.75 bits per heavy atom. The zero-order valence-electron chi connectivity index (χ0n) is 9.93. The molecule has 1 atom stereocenters. The van der Waals surface area contributed by atoms with Crippen molar-refractivity contribution in [3.05, 3.63) is 29.8 Å². The van der Waals surface area contributed by atoms with Crippen LogP contribution in [0.15, 0.2) is 24.3 Å². The summed E-state index contributed by atoms with van der Waals surface area (Å²) in [6.45, 7) is 5.96. The molecule has 1 aromatic rings. The van der Waals surface area contributed by atoms with E-state index in [4.69, 9.17) is 15.6 Å². The van der Waals surface area contributed by atoms with Crippen molar-refractivity contribution in [1.82, 2.24) is 0 Å². The Labute approximate surface area is 103 Å². The smallest absolute Gasteiger partial charge is 0.120 e. The highest BCUT2D eigenvalue weighted by molar-refractivity contribution is 5.85. The fraction of sp³-hybridized carbons (Fsp3) is 0.500. The molecule has 16 heavy (non-hydrogen) atoms. The fourth-order valence-electron chi connectivity index (χ4n) is 1.24. The van der Waals surface area contributed by atoms with E-state index in [9.17, 15) is 0 Å². The molecule has 3 N–H and O–H groups in total. The monoisotopic (exact) mass is 245 g/mol. The van der Waals surface area contributed by atoms with Gasteiger partial charge in [0.2, 0.25) is 0 Å². The van der Waals surface area contributed by atoms with Crippen LogP contribution in [0.3, 0.4) is 0 Å². The van der Waals surface area contributed by atoms with E-state index >= 15 is 0 Å². The molecule has 1 aromatic carbocycles.